The van der Waals surface area contributed by atoms with Gasteiger partial charge in [0.2, 0.25) is 0 Å². The average molecular weight is 201 g/mol. The monoisotopic (exact) mass is 201 g/mol. The van der Waals surface area contributed by atoms with E-state index in [4.69, 9.17) is 4.74 Å². The number of rotatable bonds is 7. The lowest BCUT2D eigenvalue weighted by Crippen LogP contribution is -2.28. The van der Waals surface area contributed by atoms with Gasteiger partial charge in [-0.2, -0.15) is 0 Å². The normalized spacial score (nSPS) is 27.0. The van der Waals surface area contributed by atoms with Gasteiger partial charge in [0, 0.05) is 19.8 Å². The van der Waals surface area contributed by atoms with E-state index in [0.717, 1.165) is 39.1 Å². The Bertz CT molecular complexity index is 141. The van der Waals surface area contributed by atoms with Crippen molar-refractivity contribution in [3.63, 3.8) is 0 Å². The van der Waals surface area contributed by atoms with E-state index in [1.54, 1.807) is 0 Å². The van der Waals surface area contributed by atoms with Crippen LogP contribution in [0.3, 0.4) is 0 Å². The quantitative estimate of drug-likeness (QED) is 0.607. The van der Waals surface area contributed by atoms with Crippen molar-refractivity contribution >= 4 is 0 Å². The SMILES string of the molecule is CCOCCCNCC1CCCC1O. The first-order valence-electron chi connectivity index (χ1n) is 5.81. The topological polar surface area (TPSA) is 41.5 Å². The molecule has 0 spiro atoms. The van der Waals surface area contributed by atoms with Crippen LogP contribution < -0.4 is 5.32 Å². The molecule has 2 N–H and O–H groups in total. The lowest BCUT2D eigenvalue weighted by Gasteiger charge is -2.14. The molecular weight excluding hydrogens is 178 g/mol. The maximum Gasteiger partial charge on any atom is 0.0580 e. The Hall–Kier alpha value is -0.120. The highest BCUT2D eigenvalue weighted by Crippen LogP contribution is 2.24. The van der Waals surface area contributed by atoms with Gasteiger partial charge < -0.3 is 15.2 Å². The highest BCUT2D eigenvalue weighted by molar-refractivity contribution is 4.77. The highest BCUT2D eigenvalue weighted by atomic mass is 16.5. The molecule has 2 unspecified atom stereocenters. The highest BCUT2D eigenvalue weighted by Gasteiger charge is 2.24. The number of aliphatic hydroxyl groups is 1. The number of nitrogens with one attached hydrogen (secondary N) is 1. The van der Waals surface area contributed by atoms with Crippen LogP contribution in [0.5, 0.6) is 0 Å². The zero-order valence-corrected chi connectivity index (χ0v) is 9.17. The van der Waals surface area contributed by atoms with Crippen LogP contribution in [0.4, 0.5) is 0 Å². The summed E-state index contributed by atoms with van der Waals surface area (Å²) in [6, 6.07) is 0. The van der Waals surface area contributed by atoms with Crippen molar-refractivity contribution in [3.8, 4) is 0 Å². The molecule has 0 aromatic rings. The minimum absolute atomic E-state index is 0.0607. The summed E-state index contributed by atoms with van der Waals surface area (Å²) in [5.41, 5.74) is 0. The first-order valence-corrected chi connectivity index (χ1v) is 5.81. The van der Waals surface area contributed by atoms with E-state index in [1.165, 1.54) is 12.8 Å². The summed E-state index contributed by atoms with van der Waals surface area (Å²) in [6.07, 6.45) is 4.36. The molecule has 0 aliphatic heterocycles. The van der Waals surface area contributed by atoms with Crippen molar-refractivity contribution in [1.82, 2.24) is 5.32 Å². The second kappa shape index (κ2) is 7.21. The number of hydrogen-bond donors (Lipinski definition) is 2. The standard InChI is InChI=1S/C11H23NO2/c1-2-14-8-4-7-12-9-10-5-3-6-11(10)13/h10-13H,2-9H2,1H3. The van der Waals surface area contributed by atoms with Crippen LogP contribution in [-0.4, -0.2) is 37.5 Å². The molecule has 0 bridgehead atoms. The van der Waals surface area contributed by atoms with Gasteiger partial charge in [-0.3, -0.25) is 0 Å². The van der Waals surface area contributed by atoms with Crippen molar-refractivity contribution in [3.05, 3.63) is 0 Å². The molecule has 0 aromatic heterocycles. The van der Waals surface area contributed by atoms with Gasteiger partial charge in [-0.25, -0.2) is 0 Å². The van der Waals surface area contributed by atoms with E-state index < -0.39 is 0 Å². The summed E-state index contributed by atoms with van der Waals surface area (Å²) in [4.78, 5) is 0. The maximum atomic E-state index is 9.57. The Morgan fingerprint density at radius 2 is 2.29 bits per heavy atom. The zero-order chi connectivity index (χ0) is 10.2. The first kappa shape index (κ1) is 12.0. The largest absolute Gasteiger partial charge is 0.393 e. The molecule has 1 rings (SSSR count). The minimum Gasteiger partial charge on any atom is -0.393 e. The molecule has 1 saturated carbocycles. The van der Waals surface area contributed by atoms with Gasteiger partial charge in [0.1, 0.15) is 0 Å². The average Bonchev–Trinajstić information content (AvgIpc) is 2.58. The number of ether oxygens (including phenoxy) is 1. The van der Waals surface area contributed by atoms with Crippen LogP contribution in [0.1, 0.15) is 32.6 Å². The molecule has 0 saturated heterocycles. The molecule has 1 aliphatic rings. The Kier molecular flexibility index (Phi) is 6.15. The smallest absolute Gasteiger partial charge is 0.0580 e. The minimum atomic E-state index is -0.0607. The van der Waals surface area contributed by atoms with E-state index in [-0.39, 0.29) is 6.10 Å². The number of hydrogen-bond acceptors (Lipinski definition) is 3. The summed E-state index contributed by atoms with van der Waals surface area (Å²) in [5.74, 6) is 0.488. The van der Waals surface area contributed by atoms with E-state index in [1.807, 2.05) is 6.92 Å². The van der Waals surface area contributed by atoms with E-state index >= 15 is 0 Å². The van der Waals surface area contributed by atoms with Crippen LogP contribution in [0.15, 0.2) is 0 Å². The third-order valence-corrected chi connectivity index (χ3v) is 2.87. The van der Waals surface area contributed by atoms with E-state index in [0.29, 0.717) is 5.92 Å². The van der Waals surface area contributed by atoms with Gasteiger partial charge in [0.15, 0.2) is 0 Å². The molecule has 2 atom stereocenters. The molecule has 0 radical (unpaired) electrons. The lowest BCUT2D eigenvalue weighted by atomic mass is 10.1. The summed E-state index contributed by atoms with van der Waals surface area (Å²) >= 11 is 0. The van der Waals surface area contributed by atoms with Gasteiger partial charge in [0.05, 0.1) is 6.10 Å². The summed E-state index contributed by atoms with van der Waals surface area (Å²) in [7, 11) is 0. The van der Waals surface area contributed by atoms with Crippen molar-refractivity contribution in [2.45, 2.75) is 38.7 Å². The van der Waals surface area contributed by atoms with Crippen molar-refractivity contribution in [2.75, 3.05) is 26.3 Å². The summed E-state index contributed by atoms with van der Waals surface area (Å²) < 4.78 is 5.24. The lowest BCUT2D eigenvalue weighted by molar-refractivity contribution is 0.128. The van der Waals surface area contributed by atoms with Gasteiger partial charge >= 0.3 is 0 Å². The summed E-state index contributed by atoms with van der Waals surface area (Å²) in [5, 5.41) is 12.9. The van der Waals surface area contributed by atoms with E-state index in [2.05, 4.69) is 5.32 Å². The van der Waals surface area contributed by atoms with Gasteiger partial charge in [-0.1, -0.05) is 6.42 Å². The Labute approximate surface area is 86.8 Å². The fourth-order valence-electron chi connectivity index (χ4n) is 1.99. The third kappa shape index (κ3) is 4.40. The molecule has 0 heterocycles. The van der Waals surface area contributed by atoms with Crippen LogP contribution in [0.2, 0.25) is 0 Å². The van der Waals surface area contributed by atoms with Crippen LogP contribution in [-0.2, 0) is 4.74 Å². The molecule has 3 nitrogen and oxygen atoms in total. The Balaban J connectivity index is 1.88. The molecular formula is C11H23NO2. The summed E-state index contributed by atoms with van der Waals surface area (Å²) in [6.45, 7) is 5.64. The number of aliphatic hydroxyl groups excluding tert-OH is 1. The maximum absolute atomic E-state index is 9.57. The third-order valence-electron chi connectivity index (χ3n) is 2.87. The van der Waals surface area contributed by atoms with Crippen LogP contribution in [0.25, 0.3) is 0 Å². The van der Waals surface area contributed by atoms with Crippen molar-refractivity contribution < 1.29 is 9.84 Å². The fourth-order valence-corrected chi connectivity index (χ4v) is 1.99. The molecule has 84 valence electrons. The predicted molar refractivity (Wildman–Crippen MR) is 57.3 cm³/mol. The zero-order valence-electron chi connectivity index (χ0n) is 9.17. The fraction of sp³-hybridized carbons (Fsp3) is 1.00. The molecule has 1 fully saturated rings. The van der Waals surface area contributed by atoms with Crippen molar-refractivity contribution in [2.24, 2.45) is 5.92 Å². The van der Waals surface area contributed by atoms with Crippen LogP contribution >= 0.6 is 0 Å². The van der Waals surface area contributed by atoms with Gasteiger partial charge in [-0.15, -0.1) is 0 Å². The second-order valence-electron chi connectivity index (χ2n) is 4.01. The molecule has 1 aliphatic carbocycles. The van der Waals surface area contributed by atoms with Gasteiger partial charge in [-0.05, 0) is 38.6 Å². The Morgan fingerprint density at radius 3 is 2.93 bits per heavy atom. The molecule has 0 aromatic carbocycles. The Morgan fingerprint density at radius 1 is 1.43 bits per heavy atom. The molecule has 14 heavy (non-hydrogen) atoms. The molecule has 0 amide bonds. The van der Waals surface area contributed by atoms with E-state index in [9.17, 15) is 5.11 Å². The van der Waals surface area contributed by atoms with Crippen molar-refractivity contribution in [1.29, 1.82) is 0 Å². The van der Waals surface area contributed by atoms with Crippen LogP contribution in [0, 0.1) is 5.92 Å². The predicted octanol–water partition coefficient (Wildman–Crippen LogP) is 1.16. The first-order chi connectivity index (χ1) is 6.84. The second-order valence-corrected chi connectivity index (χ2v) is 4.01. The van der Waals surface area contributed by atoms with Gasteiger partial charge in [0.25, 0.3) is 0 Å². The molecule has 3 heteroatoms.